The Morgan fingerprint density at radius 3 is 2.69 bits per heavy atom. The molecule has 1 aromatic rings. The molecule has 2 N–H and O–H groups in total. The SMILES string of the molecule is OCC1(c2ccc(Cl)c(Cl)c2)CCCNC1. The largest absolute Gasteiger partial charge is 0.395 e. The van der Waals surface area contributed by atoms with E-state index in [4.69, 9.17) is 23.2 Å². The Kier molecular flexibility index (Phi) is 3.75. The van der Waals surface area contributed by atoms with Crippen LogP contribution in [0, 0.1) is 0 Å². The van der Waals surface area contributed by atoms with Crippen molar-refractivity contribution in [2.45, 2.75) is 18.3 Å². The maximum Gasteiger partial charge on any atom is 0.0595 e. The van der Waals surface area contributed by atoms with Crippen LogP contribution in [-0.2, 0) is 5.41 Å². The first-order valence-corrected chi connectivity index (χ1v) is 6.21. The van der Waals surface area contributed by atoms with Gasteiger partial charge < -0.3 is 10.4 Å². The first-order chi connectivity index (χ1) is 7.68. The molecular formula is C12H15Cl2NO. The summed E-state index contributed by atoms with van der Waals surface area (Å²) < 4.78 is 0. The van der Waals surface area contributed by atoms with Crippen LogP contribution in [0.3, 0.4) is 0 Å². The fourth-order valence-electron chi connectivity index (χ4n) is 2.27. The Morgan fingerprint density at radius 1 is 1.31 bits per heavy atom. The van der Waals surface area contributed by atoms with E-state index in [-0.39, 0.29) is 12.0 Å². The molecule has 1 atom stereocenters. The lowest BCUT2D eigenvalue weighted by Gasteiger charge is -2.36. The van der Waals surface area contributed by atoms with Gasteiger partial charge in [0.1, 0.15) is 0 Å². The summed E-state index contributed by atoms with van der Waals surface area (Å²) in [5.74, 6) is 0. The predicted octanol–water partition coefficient (Wildman–Crippen LogP) is 2.61. The molecule has 2 rings (SSSR count). The second-order valence-electron chi connectivity index (χ2n) is 4.35. The average molecular weight is 260 g/mol. The normalized spacial score (nSPS) is 25.7. The summed E-state index contributed by atoms with van der Waals surface area (Å²) in [5.41, 5.74) is 0.864. The number of nitrogens with one attached hydrogen (secondary N) is 1. The van der Waals surface area contributed by atoms with E-state index in [2.05, 4.69) is 5.32 Å². The molecule has 1 saturated heterocycles. The van der Waals surface area contributed by atoms with Crippen molar-refractivity contribution in [2.75, 3.05) is 19.7 Å². The number of hydrogen-bond donors (Lipinski definition) is 2. The molecule has 1 aliphatic heterocycles. The second kappa shape index (κ2) is 4.92. The van der Waals surface area contributed by atoms with Gasteiger partial charge in [-0.05, 0) is 37.1 Å². The van der Waals surface area contributed by atoms with E-state index >= 15 is 0 Å². The van der Waals surface area contributed by atoms with Crippen molar-refractivity contribution in [3.05, 3.63) is 33.8 Å². The topological polar surface area (TPSA) is 32.3 Å². The van der Waals surface area contributed by atoms with Crippen LogP contribution in [0.1, 0.15) is 18.4 Å². The lowest BCUT2D eigenvalue weighted by molar-refractivity contribution is 0.162. The highest BCUT2D eigenvalue weighted by Gasteiger charge is 2.33. The van der Waals surface area contributed by atoms with Crippen LogP contribution in [0.4, 0.5) is 0 Å². The Morgan fingerprint density at radius 2 is 2.12 bits per heavy atom. The van der Waals surface area contributed by atoms with Crippen molar-refractivity contribution in [2.24, 2.45) is 0 Å². The molecule has 2 nitrogen and oxygen atoms in total. The number of rotatable bonds is 2. The maximum atomic E-state index is 9.64. The highest BCUT2D eigenvalue weighted by Crippen LogP contribution is 2.34. The zero-order valence-electron chi connectivity index (χ0n) is 8.97. The third-order valence-corrected chi connectivity index (χ3v) is 4.05. The summed E-state index contributed by atoms with van der Waals surface area (Å²) in [6, 6.07) is 5.62. The molecule has 1 aliphatic rings. The van der Waals surface area contributed by atoms with Crippen LogP contribution in [0.5, 0.6) is 0 Å². The highest BCUT2D eigenvalue weighted by molar-refractivity contribution is 6.42. The monoisotopic (exact) mass is 259 g/mol. The molecule has 0 aliphatic carbocycles. The molecule has 4 heteroatoms. The molecule has 1 aromatic carbocycles. The van der Waals surface area contributed by atoms with Crippen LogP contribution < -0.4 is 5.32 Å². The Hall–Kier alpha value is -0.280. The van der Waals surface area contributed by atoms with Gasteiger partial charge in [0.05, 0.1) is 16.7 Å². The van der Waals surface area contributed by atoms with Gasteiger partial charge in [-0.1, -0.05) is 29.3 Å². The van der Waals surface area contributed by atoms with Crippen molar-refractivity contribution < 1.29 is 5.11 Å². The molecule has 1 unspecified atom stereocenters. The van der Waals surface area contributed by atoms with Gasteiger partial charge in [-0.3, -0.25) is 0 Å². The van der Waals surface area contributed by atoms with E-state index in [1.807, 2.05) is 12.1 Å². The summed E-state index contributed by atoms with van der Waals surface area (Å²) in [6.07, 6.45) is 2.05. The van der Waals surface area contributed by atoms with Gasteiger partial charge in [0.25, 0.3) is 0 Å². The fraction of sp³-hybridized carbons (Fsp3) is 0.500. The minimum absolute atomic E-state index is 0.137. The van der Waals surface area contributed by atoms with Crippen LogP contribution in [0.2, 0.25) is 10.0 Å². The van der Waals surface area contributed by atoms with Crippen molar-refractivity contribution in [3.8, 4) is 0 Å². The molecule has 1 fully saturated rings. The van der Waals surface area contributed by atoms with Crippen molar-refractivity contribution >= 4 is 23.2 Å². The molecule has 0 saturated carbocycles. The van der Waals surface area contributed by atoms with Gasteiger partial charge in [0.15, 0.2) is 0 Å². The number of benzene rings is 1. The predicted molar refractivity (Wildman–Crippen MR) is 67.3 cm³/mol. The van der Waals surface area contributed by atoms with Gasteiger partial charge in [0, 0.05) is 12.0 Å². The summed E-state index contributed by atoms with van der Waals surface area (Å²) in [6.45, 7) is 1.95. The van der Waals surface area contributed by atoms with Gasteiger partial charge in [-0.15, -0.1) is 0 Å². The lowest BCUT2D eigenvalue weighted by atomic mass is 9.75. The highest BCUT2D eigenvalue weighted by atomic mass is 35.5. The first kappa shape index (κ1) is 12.2. The minimum Gasteiger partial charge on any atom is -0.395 e. The third-order valence-electron chi connectivity index (χ3n) is 3.31. The molecule has 0 amide bonds. The van der Waals surface area contributed by atoms with E-state index in [1.165, 1.54) is 0 Å². The molecule has 0 spiro atoms. The van der Waals surface area contributed by atoms with Gasteiger partial charge in [0.2, 0.25) is 0 Å². The van der Waals surface area contributed by atoms with Crippen LogP contribution in [-0.4, -0.2) is 24.8 Å². The molecule has 88 valence electrons. The van der Waals surface area contributed by atoms with Crippen molar-refractivity contribution in [3.63, 3.8) is 0 Å². The third kappa shape index (κ3) is 2.21. The zero-order chi connectivity index (χ0) is 11.6. The van der Waals surface area contributed by atoms with Crippen LogP contribution in [0.25, 0.3) is 0 Å². The Balaban J connectivity index is 2.35. The average Bonchev–Trinajstić information content (AvgIpc) is 2.33. The molecule has 0 aromatic heterocycles. The smallest absolute Gasteiger partial charge is 0.0595 e. The number of hydrogen-bond acceptors (Lipinski definition) is 2. The first-order valence-electron chi connectivity index (χ1n) is 5.45. The maximum absolute atomic E-state index is 9.64. The second-order valence-corrected chi connectivity index (χ2v) is 5.16. The summed E-state index contributed by atoms with van der Waals surface area (Å²) >= 11 is 11.9. The molecule has 0 bridgehead atoms. The van der Waals surface area contributed by atoms with E-state index in [9.17, 15) is 5.11 Å². The van der Waals surface area contributed by atoms with E-state index in [1.54, 1.807) is 6.07 Å². The molecular weight excluding hydrogens is 245 g/mol. The summed E-state index contributed by atoms with van der Waals surface area (Å²) in [7, 11) is 0. The molecule has 16 heavy (non-hydrogen) atoms. The molecule has 0 radical (unpaired) electrons. The zero-order valence-corrected chi connectivity index (χ0v) is 10.5. The van der Waals surface area contributed by atoms with E-state index < -0.39 is 0 Å². The number of piperidine rings is 1. The standard InChI is InChI=1S/C12H15Cl2NO/c13-10-3-2-9(6-11(10)14)12(8-16)4-1-5-15-7-12/h2-3,6,15-16H,1,4-5,7-8H2. The van der Waals surface area contributed by atoms with Crippen molar-refractivity contribution in [1.29, 1.82) is 0 Å². The summed E-state index contributed by atoms with van der Waals surface area (Å²) in [5, 5.41) is 14.1. The summed E-state index contributed by atoms with van der Waals surface area (Å²) in [4.78, 5) is 0. The van der Waals surface area contributed by atoms with E-state index in [0.717, 1.165) is 31.5 Å². The minimum atomic E-state index is -0.202. The lowest BCUT2D eigenvalue weighted by Crippen LogP contribution is -2.45. The number of halogens is 2. The van der Waals surface area contributed by atoms with Gasteiger partial charge in [-0.2, -0.15) is 0 Å². The Labute approximate surface area is 106 Å². The molecule has 1 heterocycles. The Bertz CT molecular complexity index is 375. The van der Waals surface area contributed by atoms with Gasteiger partial charge >= 0.3 is 0 Å². The number of aliphatic hydroxyl groups excluding tert-OH is 1. The van der Waals surface area contributed by atoms with Gasteiger partial charge in [-0.25, -0.2) is 0 Å². The number of aliphatic hydroxyl groups is 1. The van der Waals surface area contributed by atoms with Crippen molar-refractivity contribution in [1.82, 2.24) is 5.32 Å². The van der Waals surface area contributed by atoms with Crippen LogP contribution in [0.15, 0.2) is 18.2 Å². The van der Waals surface area contributed by atoms with E-state index in [0.29, 0.717) is 10.0 Å². The van der Waals surface area contributed by atoms with Crippen LogP contribution >= 0.6 is 23.2 Å². The quantitative estimate of drug-likeness (QED) is 0.856. The fourth-order valence-corrected chi connectivity index (χ4v) is 2.56.